The number of aromatic nitrogens is 2. The van der Waals surface area contributed by atoms with Crippen molar-refractivity contribution in [2.24, 2.45) is 7.05 Å². The number of nitrogens with zero attached hydrogens (tertiary/aromatic N) is 2. The first kappa shape index (κ1) is 16.3. The highest BCUT2D eigenvalue weighted by Gasteiger charge is 2.17. The lowest BCUT2D eigenvalue weighted by Gasteiger charge is -2.07. The number of hydrazine groups is 1. The van der Waals surface area contributed by atoms with E-state index < -0.39 is 11.8 Å². The Hall–Kier alpha value is -2.57. The summed E-state index contributed by atoms with van der Waals surface area (Å²) in [4.78, 5) is 28.3. The highest BCUT2D eigenvalue weighted by molar-refractivity contribution is 6.34. The number of pyridine rings is 1. The van der Waals surface area contributed by atoms with Gasteiger partial charge in [-0.1, -0.05) is 41.4 Å². The zero-order chi connectivity index (χ0) is 17.3. The Kier molecular flexibility index (Phi) is 4.42. The zero-order valence-electron chi connectivity index (χ0n) is 12.5. The van der Waals surface area contributed by atoms with Gasteiger partial charge in [0.25, 0.3) is 11.8 Å². The van der Waals surface area contributed by atoms with Crippen molar-refractivity contribution in [3.8, 4) is 0 Å². The molecule has 0 aliphatic carbocycles. The van der Waals surface area contributed by atoms with Crippen LogP contribution in [0.5, 0.6) is 0 Å². The maximum absolute atomic E-state index is 12.3. The van der Waals surface area contributed by atoms with E-state index in [1.165, 1.54) is 12.1 Å². The number of benzene rings is 1. The van der Waals surface area contributed by atoms with Crippen molar-refractivity contribution >= 4 is 45.9 Å². The van der Waals surface area contributed by atoms with E-state index in [0.29, 0.717) is 5.56 Å². The summed E-state index contributed by atoms with van der Waals surface area (Å²) in [7, 11) is 1.84. The first-order valence-electron chi connectivity index (χ1n) is 6.94. The molecule has 0 radical (unpaired) electrons. The van der Waals surface area contributed by atoms with Crippen molar-refractivity contribution in [1.29, 1.82) is 0 Å². The van der Waals surface area contributed by atoms with Crippen LogP contribution in [0.25, 0.3) is 10.9 Å². The number of rotatable bonds is 2. The first-order valence-corrected chi connectivity index (χ1v) is 7.70. The molecule has 0 aliphatic rings. The number of hydrogen-bond donors (Lipinski definition) is 2. The minimum Gasteiger partial charge on any atom is -0.350 e. The fourth-order valence-electron chi connectivity index (χ4n) is 2.34. The average molecular weight is 363 g/mol. The summed E-state index contributed by atoms with van der Waals surface area (Å²) in [6, 6.07) is 10.4. The normalized spacial score (nSPS) is 10.6. The van der Waals surface area contributed by atoms with Crippen LogP contribution in [-0.2, 0) is 7.05 Å². The maximum atomic E-state index is 12.3. The van der Waals surface area contributed by atoms with Crippen molar-refractivity contribution in [3.05, 3.63) is 64.0 Å². The number of amides is 2. The second-order valence-electron chi connectivity index (χ2n) is 5.04. The second kappa shape index (κ2) is 6.51. The molecular weight excluding hydrogens is 351 g/mol. The van der Waals surface area contributed by atoms with Crippen LogP contribution in [0.4, 0.5) is 0 Å². The minimum atomic E-state index is -0.656. The molecule has 2 aromatic heterocycles. The Morgan fingerprint density at radius 2 is 1.75 bits per heavy atom. The fraction of sp³-hybridized carbons (Fsp3) is 0.0625. The highest BCUT2D eigenvalue weighted by Crippen LogP contribution is 2.20. The second-order valence-corrected chi connectivity index (χ2v) is 5.84. The summed E-state index contributed by atoms with van der Waals surface area (Å²) in [5.41, 5.74) is 5.93. The van der Waals surface area contributed by atoms with E-state index in [-0.39, 0.29) is 15.9 Å². The van der Waals surface area contributed by atoms with Crippen molar-refractivity contribution in [2.75, 3.05) is 0 Å². The molecule has 24 heavy (non-hydrogen) atoms. The van der Waals surface area contributed by atoms with Crippen LogP contribution in [0.3, 0.4) is 0 Å². The largest absolute Gasteiger partial charge is 0.350 e. The molecule has 1 aromatic carbocycles. The number of para-hydroxylation sites is 1. The average Bonchev–Trinajstić information content (AvgIpc) is 2.92. The lowest BCUT2D eigenvalue weighted by molar-refractivity contribution is 0.0845. The van der Waals surface area contributed by atoms with Gasteiger partial charge >= 0.3 is 0 Å². The molecule has 6 nitrogen and oxygen atoms in total. The van der Waals surface area contributed by atoms with Crippen LogP contribution < -0.4 is 10.9 Å². The number of hydrogen-bond acceptors (Lipinski definition) is 3. The number of halogens is 2. The summed E-state index contributed by atoms with van der Waals surface area (Å²) in [5, 5.41) is 1.05. The van der Waals surface area contributed by atoms with Crippen LogP contribution >= 0.6 is 23.2 Å². The SMILES string of the molecule is Cn1cc(C(=O)NNC(=O)c2nc(Cl)ccc2Cl)c2ccccc21. The van der Waals surface area contributed by atoms with E-state index in [2.05, 4.69) is 15.8 Å². The Bertz CT molecular complexity index is 952. The summed E-state index contributed by atoms with van der Waals surface area (Å²) in [5.74, 6) is -1.10. The van der Waals surface area contributed by atoms with Gasteiger partial charge in [-0.3, -0.25) is 20.4 Å². The molecular formula is C16H12Cl2N4O2. The van der Waals surface area contributed by atoms with Gasteiger partial charge in [-0.25, -0.2) is 4.98 Å². The summed E-state index contributed by atoms with van der Waals surface area (Å²) in [6.45, 7) is 0. The molecule has 2 heterocycles. The zero-order valence-corrected chi connectivity index (χ0v) is 14.0. The molecule has 8 heteroatoms. The Labute approximate surface area is 147 Å². The third-order valence-corrected chi connectivity index (χ3v) is 3.97. The molecule has 2 N–H and O–H groups in total. The van der Waals surface area contributed by atoms with Gasteiger partial charge in [-0.05, 0) is 18.2 Å². The molecule has 0 atom stereocenters. The lowest BCUT2D eigenvalue weighted by Crippen LogP contribution is -2.42. The number of aryl methyl sites for hydroxylation is 1. The van der Waals surface area contributed by atoms with Crippen LogP contribution in [0.2, 0.25) is 10.2 Å². The van der Waals surface area contributed by atoms with Crippen LogP contribution in [0.15, 0.2) is 42.6 Å². The molecule has 3 aromatic rings. The fourth-order valence-corrected chi connectivity index (χ4v) is 2.68. The van der Waals surface area contributed by atoms with Crippen molar-refractivity contribution < 1.29 is 9.59 Å². The number of carbonyl (C=O) groups excluding carboxylic acids is 2. The Morgan fingerprint density at radius 3 is 2.54 bits per heavy atom. The van der Waals surface area contributed by atoms with Crippen molar-refractivity contribution in [1.82, 2.24) is 20.4 Å². The smallest absolute Gasteiger partial charge is 0.289 e. The third kappa shape index (κ3) is 3.06. The van der Waals surface area contributed by atoms with E-state index in [1.54, 1.807) is 6.20 Å². The Morgan fingerprint density at radius 1 is 1.04 bits per heavy atom. The van der Waals surface area contributed by atoms with Gasteiger partial charge in [0.1, 0.15) is 10.8 Å². The van der Waals surface area contributed by atoms with Gasteiger partial charge in [0.2, 0.25) is 0 Å². The van der Waals surface area contributed by atoms with E-state index >= 15 is 0 Å². The van der Waals surface area contributed by atoms with Gasteiger partial charge in [-0.15, -0.1) is 0 Å². The van der Waals surface area contributed by atoms with Crippen LogP contribution in [0, 0.1) is 0 Å². The number of nitrogens with one attached hydrogen (secondary N) is 2. The maximum Gasteiger partial charge on any atom is 0.289 e. The molecule has 2 amide bonds. The molecule has 0 unspecified atom stereocenters. The van der Waals surface area contributed by atoms with Crippen LogP contribution in [0.1, 0.15) is 20.8 Å². The molecule has 3 rings (SSSR count). The van der Waals surface area contributed by atoms with Gasteiger partial charge in [-0.2, -0.15) is 0 Å². The van der Waals surface area contributed by atoms with Crippen molar-refractivity contribution in [2.45, 2.75) is 0 Å². The van der Waals surface area contributed by atoms with E-state index in [0.717, 1.165) is 10.9 Å². The molecule has 0 fully saturated rings. The van der Waals surface area contributed by atoms with E-state index in [1.807, 2.05) is 35.9 Å². The molecule has 0 saturated heterocycles. The van der Waals surface area contributed by atoms with Gasteiger partial charge in [0, 0.05) is 24.1 Å². The molecule has 122 valence electrons. The first-order chi connectivity index (χ1) is 11.5. The summed E-state index contributed by atoms with van der Waals surface area (Å²) < 4.78 is 1.83. The van der Waals surface area contributed by atoms with Gasteiger partial charge < -0.3 is 4.57 Å². The Balaban J connectivity index is 1.78. The minimum absolute atomic E-state index is 0.0672. The monoisotopic (exact) mass is 362 g/mol. The number of fused-ring (bicyclic) bond motifs is 1. The highest BCUT2D eigenvalue weighted by atomic mass is 35.5. The lowest BCUT2D eigenvalue weighted by atomic mass is 10.2. The molecule has 0 spiro atoms. The predicted octanol–water partition coefficient (Wildman–Crippen LogP) is 2.95. The van der Waals surface area contributed by atoms with Crippen LogP contribution in [-0.4, -0.2) is 21.4 Å². The predicted molar refractivity (Wildman–Crippen MR) is 92.1 cm³/mol. The van der Waals surface area contributed by atoms with Gasteiger partial charge in [0.15, 0.2) is 0 Å². The van der Waals surface area contributed by atoms with Crippen molar-refractivity contribution in [3.63, 3.8) is 0 Å². The van der Waals surface area contributed by atoms with E-state index in [4.69, 9.17) is 23.2 Å². The van der Waals surface area contributed by atoms with E-state index in [9.17, 15) is 9.59 Å². The molecule has 0 bridgehead atoms. The number of carbonyl (C=O) groups is 2. The van der Waals surface area contributed by atoms with Gasteiger partial charge in [0.05, 0.1) is 10.6 Å². The standard InChI is InChI=1S/C16H12Cl2N4O2/c1-22-8-10(9-4-2-3-5-12(9)22)15(23)20-21-16(24)14-11(17)6-7-13(18)19-14/h2-8H,1H3,(H,20,23)(H,21,24). The molecule has 0 saturated carbocycles. The quantitative estimate of drug-likeness (QED) is 0.543. The topological polar surface area (TPSA) is 76.0 Å². The third-order valence-electron chi connectivity index (χ3n) is 3.46. The summed E-state index contributed by atoms with van der Waals surface area (Å²) >= 11 is 11.7. The summed E-state index contributed by atoms with van der Waals surface area (Å²) in [6.07, 6.45) is 1.69. The molecule has 0 aliphatic heterocycles.